The summed E-state index contributed by atoms with van der Waals surface area (Å²) in [4.78, 5) is 26.4. The van der Waals surface area contributed by atoms with E-state index in [-0.39, 0.29) is 30.0 Å². The molecule has 3 amide bonds. The van der Waals surface area contributed by atoms with E-state index in [9.17, 15) is 14.7 Å². The molecule has 1 saturated heterocycles. The highest BCUT2D eigenvalue weighted by molar-refractivity contribution is 5.74. The second-order valence-corrected chi connectivity index (χ2v) is 8.53. The Balaban J connectivity index is 1.35. The molecule has 0 spiro atoms. The van der Waals surface area contributed by atoms with Crippen molar-refractivity contribution < 1.29 is 24.2 Å². The van der Waals surface area contributed by atoms with Gasteiger partial charge in [-0.15, -0.1) is 0 Å². The van der Waals surface area contributed by atoms with Crippen LogP contribution in [0.4, 0.5) is 9.59 Å². The van der Waals surface area contributed by atoms with E-state index >= 15 is 0 Å². The van der Waals surface area contributed by atoms with Gasteiger partial charge in [-0.1, -0.05) is 19.4 Å². The van der Waals surface area contributed by atoms with Gasteiger partial charge in [-0.25, -0.2) is 9.59 Å². The van der Waals surface area contributed by atoms with Crippen molar-refractivity contribution in [2.45, 2.75) is 70.6 Å². The van der Waals surface area contributed by atoms with Crippen molar-refractivity contribution in [2.75, 3.05) is 20.2 Å². The summed E-state index contributed by atoms with van der Waals surface area (Å²) in [7, 11) is 1.48. The van der Waals surface area contributed by atoms with Gasteiger partial charge in [0.2, 0.25) is 0 Å². The molecule has 2 fully saturated rings. The number of phenols is 1. The molecule has 1 saturated carbocycles. The number of nitrogens with zero attached hydrogens (tertiary/aromatic N) is 1. The van der Waals surface area contributed by atoms with E-state index in [0.29, 0.717) is 38.2 Å². The number of rotatable bonds is 6. The van der Waals surface area contributed by atoms with Gasteiger partial charge >= 0.3 is 12.1 Å². The Morgan fingerprint density at radius 1 is 1.13 bits per heavy atom. The lowest BCUT2D eigenvalue weighted by Gasteiger charge is -2.34. The molecule has 0 bridgehead atoms. The molecule has 1 aromatic rings. The maximum atomic E-state index is 12.5. The summed E-state index contributed by atoms with van der Waals surface area (Å²) in [6.45, 7) is 3.72. The zero-order chi connectivity index (χ0) is 22.2. The number of hydrogen-bond acceptors (Lipinski definition) is 5. The first kappa shape index (κ1) is 23.0. The fraction of sp³-hybridized carbons (Fsp3) is 0.652. The van der Waals surface area contributed by atoms with Crippen LogP contribution in [0.3, 0.4) is 0 Å². The molecule has 31 heavy (non-hydrogen) atoms. The predicted molar refractivity (Wildman–Crippen MR) is 117 cm³/mol. The zero-order valence-electron chi connectivity index (χ0n) is 18.6. The van der Waals surface area contributed by atoms with E-state index < -0.39 is 0 Å². The molecule has 2 aliphatic rings. The molecule has 0 radical (unpaired) electrons. The monoisotopic (exact) mass is 433 g/mol. The van der Waals surface area contributed by atoms with Crippen LogP contribution in [0, 0.1) is 5.92 Å². The van der Waals surface area contributed by atoms with Crippen molar-refractivity contribution in [2.24, 2.45) is 5.92 Å². The van der Waals surface area contributed by atoms with Crippen molar-refractivity contribution in [3.05, 3.63) is 23.8 Å². The molecular weight excluding hydrogens is 398 g/mol. The number of phenolic OH excluding ortho intramolecular Hbond substituents is 1. The van der Waals surface area contributed by atoms with Gasteiger partial charge < -0.3 is 30.1 Å². The van der Waals surface area contributed by atoms with E-state index in [1.807, 2.05) is 0 Å². The van der Waals surface area contributed by atoms with Gasteiger partial charge in [-0.2, -0.15) is 0 Å². The summed E-state index contributed by atoms with van der Waals surface area (Å²) in [6, 6.07) is 4.74. The van der Waals surface area contributed by atoms with Crippen LogP contribution in [0.15, 0.2) is 18.2 Å². The summed E-state index contributed by atoms with van der Waals surface area (Å²) in [5.41, 5.74) is 0.829. The average Bonchev–Trinajstić information content (AvgIpc) is 2.79. The minimum absolute atomic E-state index is 0.0263. The standard InChI is InChI=1S/C23H35N3O5/c1-3-16-4-7-19(8-5-16)31-23(29)26-12-10-18(11-13-26)25-22(28)24-15-17-6-9-20(27)21(14-17)30-2/h6,9,14,16,18-19,27H,3-5,7-8,10-13,15H2,1-2H3,(H2,24,25,28). The van der Waals surface area contributed by atoms with Crippen LogP contribution in [0.2, 0.25) is 0 Å². The van der Waals surface area contributed by atoms with E-state index in [0.717, 1.165) is 37.2 Å². The number of piperidine rings is 1. The number of methoxy groups -OCH3 is 1. The lowest BCUT2D eigenvalue weighted by Crippen LogP contribution is -2.49. The molecule has 3 rings (SSSR count). The number of hydrogen-bond donors (Lipinski definition) is 3. The Labute approximate surface area is 184 Å². The fourth-order valence-corrected chi connectivity index (χ4v) is 4.33. The molecular formula is C23H35N3O5. The van der Waals surface area contributed by atoms with E-state index in [1.165, 1.54) is 19.6 Å². The maximum Gasteiger partial charge on any atom is 0.410 e. The summed E-state index contributed by atoms with van der Waals surface area (Å²) >= 11 is 0. The Hall–Kier alpha value is -2.64. The smallest absolute Gasteiger partial charge is 0.410 e. The molecule has 1 heterocycles. The van der Waals surface area contributed by atoms with Crippen molar-refractivity contribution in [1.29, 1.82) is 0 Å². The van der Waals surface area contributed by atoms with Crippen LogP contribution >= 0.6 is 0 Å². The molecule has 1 aliphatic heterocycles. The van der Waals surface area contributed by atoms with Crippen molar-refractivity contribution in [3.63, 3.8) is 0 Å². The van der Waals surface area contributed by atoms with Crippen molar-refractivity contribution in [3.8, 4) is 11.5 Å². The van der Waals surface area contributed by atoms with Crippen molar-refractivity contribution >= 4 is 12.1 Å². The Morgan fingerprint density at radius 3 is 2.48 bits per heavy atom. The van der Waals surface area contributed by atoms with Crippen LogP contribution in [0.1, 0.15) is 57.4 Å². The van der Waals surface area contributed by atoms with Gasteiger partial charge in [0, 0.05) is 25.7 Å². The first-order valence-corrected chi connectivity index (χ1v) is 11.3. The lowest BCUT2D eigenvalue weighted by atomic mass is 9.86. The maximum absolute atomic E-state index is 12.5. The Kier molecular flexibility index (Phi) is 8.26. The van der Waals surface area contributed by atoms with Gasteiger partial charge in [0.1, 0.15) is 6.10 Å². The number of benzene rings is 1. The van der Waals surface area contributed by atoms with Crippen LogP contribution in [0.5, 0.6) is 11.5 Å². The SMILES string of the molecule is CCC1CCC(OC(=O)N2CCC(NC(=O)NCc3ccc(O)c(OC)c3)CC2)CC1. The highest BCUT2D eigenvalue weighted by Crippen LogP contribution is 2.29. The van der Waals surface area contributed by atoms with Gasteiger partial charge in [-0.3, -0.25) is 0 Å². The number of urea groups is 1. The molecule has 8 heteroatoms. The molecule has 8 nitrogen and oxygen atoms in total. The highest BCUT2D eigenvalue weighted by Gasteiger charge is 2.28. The zero-order valence-corrected chi connectivity index (χ0v) is 18.6. The number of carbonyl (C=O) groups is 2. The van der Waals surface area contributed by atoms with Gasteiger partial charge in [-0.05, 0) is 62.1 Å². The molecule has 0 atom stereocenters. The van der Waals surface area contributed by atoms with Crippen LogP contribution in [-0.2, 0) is 11.3 Å². The number of nitrogens with one attached hydrogen (secondary N) is 2. The lowest BCUT2D eigenvalue weighted by molar-refractivity contribution is 0.0324. The number of carbonyl (C=O) groups excluding carboxylic acids is 2. The third-order valence-corrected chi connectivity index (χ3v) is 6.42. The number of amides is 3. The van der Waals surface area contributed by atoms with E-state index in [2.05, 4.69) is 17.6 Å². The summed E-state index contributed by atoms with van der Waals surface area (Å²) in [5.74, 6) is 1.21. The molecule has 0 unspecified atom stereocenters. The summed E-state index contributed by atoms with van der Waals surface area (Å²) < 4.78 is 10.8. The third kappa shape index (κ3) is 6.67. The predicted octanol–water partition coefficient (Wildman–Crippen LogP) is 3.77. The fourth-order valence-electron chi connectivity index (χ4n) is 4.33. The van der Waals surface area contributed by atoms with Gasteiger partial charge in [0.25, 0.3) is 0 Å². The molecule has 172 valence electrons. The summed E-state index contributed by atoms with van der Waals surface area (Å²) in [5, 5.41) is 15.4. The van der Waals surface area contributed by atoms with Crippen molar-refractivity contribution in [1.82, 2.24) is 15.5 Å². The van der Waals surface area contributed by atoms with Gasteiger partial charge in [0.05, 0.1) is 7.11 Å². The normalized spacial score (nSPS) is 21.9. The average molecular weight is 434 g/mol. The number of likely N-dealkylation sites (tertiary alicyclic amines) is 1. The quantitative estimate of drug-likeness (QED) is 0.634. The molecule has 3 N–H and O–H groups in total. The first-order valence-electron chi connectivity index (χ1n) is 11.3. The summed E-state index contributed by atoms with van der Waals surface area (Å²) in [6.07, 6.45) is 6.68. The number of ether oxygens (including phenoxy) is 2. The Bertz CT molecular complexity index is 741. The molecule has 1 aliphatic carbocycles. The largest absolute Gasteiger partial charge is 0.504 e. The van der Waals surface area contributed by atoms with E-state index in [1.54, 1.807) is 17.0 Å². The highest BCUT2D eigenvalue weighted by atomic mass is 16.6. The van der Waals surface area contributed by atoms with Gasteiger partial charge in [0.15, 0.2) is 11.5 Å². The van der Waals surface area contributed by atoms with Crippen LogP contribution < -0.4 is 15.4 Å². The molecule has 1 aromatic carbocycles. The topological polar surface area (TPSA) is 100 Å². The second kappa shape index (κ2) is 11.1. The number of aromatic hydroxyl groups is 1. The van der Waals surface area contributed by atoms with Crippen LogP contribution in [0.25, 0.3) is 0 Å². The molecule has 0 aromatic heterocycles. The minimum atomic E-state index is -0.249. The minimum Gasteiger partial charge on any atom is -0.504 e. The third-order valence-electron chi connectivity index (χ3n) is 6.42. The van der Waals surface area contributed by atoms with E-state index in [4.69, 9.17) is 9.47 Å². The van der Waals surface area contributed by atoms with Crippen LogP contribution in [-0.4, -0.2) is 54.5 Å². The second-order valence-electron chi connectivity index (χ2n) is 8.53. The Morgan fingerprint density at radius 2 is 1.84 bits per heavy atom. The first-order chi connectivity index (χ1) is 15.0.